The third kappa shape index (κ3) is 9.25. The molecule has 0 spiro atoms. The normalized spacial score (nSPS) is 17.8. The Hall–Kier alpha value is -4.81. The van der Waals surface area contributed by atoms with E-state index in [1.165, 1.54) is 23.4 Å². The van der Waals surface area contributed by atoms with Gasteiger partial charge in [-0.05, 0) is 53.4 Å². The third-order valence-corrected chi connectivity index (χ3v) is 7.82. The molecule has 10 nitrogen and oxygen atoms in total. The van der Waals surface area contributed by atoms with Gasteiger partial charge < -0.3 is 29.7 Å². The van der Waals surface area contributed by atoms with Crippen molar-refractivity contribution in [2.75, 3.05) is 49.3 Å². The second kappa shape index (κ2) is 14.6. The number of aliphatic imine (C=N–C) groups is 1. The molecule has 270 valence electrons. The smallest absolute Gasteiger partial charge is 0.416 e. The van der Waals surface area contributed by atoms with E-state index in [4.69, 9.17) is 14.6 Å². The lowest BCUT2D eigenvalue weighted by Gasteiger charge is -2.29. The Labute approximate surface area is 278 Å². The number of amidine groups is 1. The maximum atomic E-state index is 13.8. The van der Waals surface area contributed by atoms with Gasteiger partial charge in [0.05, 0.1) is 48.0 Å². The molecule has 2 saturated heterocycles. The Morgan fingerprint density at radius 2 is 1.50 bits per heavy atom. The monoisotopic (exact) mass is 720 g/mol. The summed E-state index contributed by atoms with van der Waals surface area (Å²) in [4.78, 5) is 27.0. The van der Waals surface area contributed by atoms with Crippen molar-refractivity contribution in [2.24, 2.45) is 4.99 Å². The van der Waals surface area contributed by atoms with Crippen LogP contribution in [0.5, 0.6) is 0 Å². The minimum atomic E-state index is -5.13. The van der Waals surface area contributed by atoms with Crippen molar-refractivity contribution < 1.29 is 58.9 Å². The zero-order chi connectivity index (χ0) is 36.3. The SMILES string of the molecule is O=C(O)[C@@H]1COC(=NCCc2ccc(C(F)(F)F)cc2CN(Cc2cc(C(F)(F)F)cc(C(F)(F)F)c2)c2ncc(N3CCOCC3)cn2)N1. The molecule has 0 saturated carbocycles. The minimum absolute atomic E-state index is 0.00615. The predicted octanol–water partition coefficient (Wildman–Crippen LogP) is 5.55. The van der Waals surface area contributed by atoms with Crippen LogP contribution in [0.25, 0.3) is 0 Å². The van der Waals surface area contributed by atoms with Gasteiger partial charge in [0.1, 0.15) is 6.61 Å². The van der Waals surface area contributed by atoms with Crippen LogP contribution < -0.4 is 15.1 Å². The molecule has 0 bridgehead atoms. The first-order valence-electron chi connectivity index (χ1n) is 15.0. The zero-order valence-electron chi connectivity index (χ0n) is 25.9. The fraction of sp³-hybridized carbons (Fsp3) is 0.419. The molecule has 2 N–H and O–H groups in total. The Morgan fingerprint density at radius 3 is 2.06 bits per heavy atom. The topological polar surface area (TPSA) is 112 Å². The number of aliphatic carboxylic acids is 1. The van der Waals surface area contributed by atoms with Crippen LogP contribution in [0.2, 0.25) is 0 Å². The van der Waals surface area contributed by atoms with Crippen LogP contribution >= 0.6 is 0 Å². The molecule has 2 fully saturated rings. The van der Waals surface area contributed by atoms with Crippen LogP contribution in [0.3, 0.4) is 0 Å². The van der Waals surface area contributed by atoms with Gasteiger partial charge in [-0.2, -0.15) is 39.5 Å². The fourth-order valence-electron chi connectivity index (χ4n) is 5.29. The lowest BCUT2D eigenvalue weighted by molar-refractivity contribution is -0.143. The highest BCUT2D eigenvalue weighted by Crippen LogP contribution is 2.37. The molecule has 0 unspecified atom stereocenters. The van der Waals surface area contributed by atoms with Crippen molar-refractivity contribution in [3.05, 3.63) is 82.2 Å². The van der Waals surface area contributed by atoms with Crippen LogP contribution in [-0.2, 0) is 52.3 Å². The highest BCUT2D eigenvalue weighted by Gasteiger charge is 2.37. The number of ether oxygens (including phenoxy) is 2. The van der Waals surface area contributed by atoms with Crippen LogP contribution in [0, 0.1) is 0 Å². The maximum Gasteiger partial charge on any atom is 0.416 e. The Morgan fingerprint density at radius 1 is 0.880 bits per heavy atom. The summed E-state index contributed by atoms with van der Waals surface area (Å²) in [7, 11) is 0. The van der Waals surface area contributed by atoms with Gasteiger partial charge in [0.2, 0.25) is 5.95 Å². The molecule has 50 heavy (non-hydrogen) atoms. The number of rotatable bonds is 10. The quantitative estimate of drug-likeness (QED) is 0.261. The van der Waals surface area contributed by atoms with Gasteiger partial charge in [-0.1, -0.05) is 6.07 Å². The van der Waals surface area contributed by atoms with E-state index >= 15 is 0 Å². The molecule has 2 aliphatic rings. The summed E-state index contributed by atoms with van der Waals surface area (Å²) < 4.78 is 134. The number of aromatic nitrogens is 2. The number of carboxylic acid groups (broad SMARTS) is 1. The average Bonchev–Trinajstić information content (AvgIpc) is 3.54. The summed E-state index contributed by atoms with van der Waals surface area (Å²) in [5.41, 5.74) is -3.71. The van der Waals surface area contributed by atoms with Crippen LogP contribution in [0.1, 0.15) is 33.4 Å². The van der Waals surface area contributed by atoms with E-state index < -0.39 is 65.9 Å². The van der Waals surface area contributed by atoms with E-state index in [9.17, 15) is 44.3 Å². The second-order valence-corrected chi connectivity index (χ2v) is 11.4. The number of nitrogens with zero attached hydrogens (tertiary/aromatic N) is 5. The van der Waals surface area contributed by atoms with Gasteiger partial charge in [0.15, 0.2) is 6.04 Å². The fourth-order valence-corrected chi connectivity index (χ4v) is 5.29. The number of carbonyl (C=O) groups is 1. The van der Waals surface area contributed by atoms with Crippen molar-refractivity contribution in [3.63, 3.8) is 0 Å². The molecule has 0 aliphatic carbocycles. The number of benzene rings is 2. The second-order valence-electron chi connectivity index (χ2n) is 11.4. The summed E-state index contributed by atoms with van der Waals surface area (Å²) in [5.74, 6) is -1.34. The van der Waals surface area contributed by atoms with E-state index in [-0.39, 0.29) is 43.2 Å². The highest BCUT2D eigenvalue weighted by molar-refractivity contribution is 5.85. The molecule has 0 amide bonds. The first kappa shape index (κ1) is 36.5. The van der Waals surface area contributed by atoms with Crippen LogP contribution in [0.4, 0.5) is 51.1 Å². The number of halogens is 9. The van der Waals surface area contributed by atoms with Crippen molar-refractivity contribution in [3.8, 4) is 0 Å². The Bertz CT molecular complexity index is 1660. The summed E-state index contributed by atoms with van der Waals surface area (Å²) in [5, 5.41) is 11.7. The molecule has 1 aromatic heterocycles. The summed E-state index contributed by atoms with van der Waals surface area (Å²) >= 11 is 0. The van der Waals surface area contributed by atoms with E-state index in [1.54, 1.807) is 0 Å². The summed E-state index contributed by atoms with van der Waals surface area (Å²) in [6.45, 7) is 0.508. The van der Waals surface area contributed by atoms with E-state index in [0.29, 0.717) is 49.7 Å². The van der Waals surface area contributed by atoms with Gasteiger partial charge in [-0.15, -0.1) is 0 Å². The number of hydrogen-bond acceptors (Lipinski definition) is 8. The standard InChI is InChI=1S/C31H29F9N6O4/c32-29(33,34)21-2-1-19(3-4-41-28-44-25(17-50-28)26(47)48)20(11-21)16-46(27-42-13-24(14-43-27)45-5-7-49-8-6-45)15-18-9-22(30(35,36)37)12-23(10-18)31(38,39)40/h1-2,9-14,25H,3-8,15-17H2,(H,41,44)(H,47,48)/t25-/m0/s1. The van der Waals surface area contributed by atoms with Gasteiger partial charge >= 0.3 is 24.5 Å². The van der Waals surface area contributed by atoms with Gasteiger partial charge in [0, 0.05) is 32.7 Å². The Kier molecular flexibility index (Phi) is 10.6. The minimum Gasteiger partial charge on any atom is -0.480 e. The molecule has 5 rings (SSSR count). The zero-order valence-corrected chi connectivity index (χ0v) is 25.9. The molecule has 2 aliphatic heterocycles. The molecule has 2 aromatic carbocycles. The van der Waals surface area contributed by atoms with Crippen LogP contribution in [-0.4, -0.2) is 72.6 Å². The van der Waals surface area contributed by atoms with Crippen molar-refractivity contribution >= 4 is 23.6 Å². The lowest BCUT2D eigenvalue weighted by atomic mass is 10.00. The number of morpholine rings is 1. The van der Waals surface area contributed by atoms with Gasteiger partial charge in [-0.3, -0.25) is 0 Å². The van der Waals surface area contributed by atoms with Crippen molar-refractivity contribution in [1.82, 2.24) is 15.3 Å². The summed E-state index contributed by atoms with van der Waals surface area (Å²) in [6, 6.07) is 2.79. The van der Waals surface area contributed by atoms with Gasteiger partial charge in [0.25, 0.3) is 6.02 Å². The molecular formula is C31H29F9N6O4. The lowest BCUT2D eigenvalue weighted by Crippen LogP contribution is -2.36. The largest absolute Gasteiger partial charge is 0.480 e. The predicted molar refractivity (Wildman–Crippen MR) is 159 cm³/mol. The Balaban J connectivity index is 1.51. The first-order valence-corrected chi connectivity index (χ1v) is 15.0. The van der Waals surface area contributed by atoms with E-state index in [2.05, 4.69) is 20.3 Å². The molecule has 19 heteroatoms. The van der Waals surface area contributed by atoms with Crippen LogP contribution in [0.15, 0.2) is 53.8 Å². The molecule has 1 atom stereocenters. The third-order valence-electron chi connectivity index (χ3n) is 7.82. The molecule has 3 heterocycles. The number of anilines is 2. The number of carboxylic acids is 1. The highest BCUT2D eigenvalue weighted by atomic mass is 19.4. The number of alkyl halides is 9. The molecule has 0 radical (unpaired) electrons. The molecular weight excluding hydrogens is 691 g/mol. The van der Waals surface area contributed by atoms with E-state index in [1.807, 2.05) is 4.90 Å². The number of nitrogens with one attached hydrogen (secondary N) is 1. The molecule has 3 aromatic rings. The first-order chi connectivity index (χ1) is 23.5. The van der Waals surface area contributed by atoms with E-state index in [0.717, 1.165) is 12.1 Å². The van der Waals surface area contributed by atoms with Crippen molar-refractivity contribution in [1.29, 1.82) is 0 Å². The van der Waals surface area contributed by atoms with Crippen molar-refractivity contribution in [2.45, 2.75) is 44.1 Å². The van der Waals surface area contributed by atoms with Gasteiger partial charge in [-0.25, -0.2) is 19.8 Å². The summed E-state index contributed by atoms with van der Waals surface area (Å²) in [6.07, 6.45) is -12.2. The maximum absolute atomic E-state index is 13.8. The number of hydrogen-bond donors (Lipinski definition) is 2. The average molecular weight is 721 g/mol.